The van der Waals surface area contributed by atoms with Crippen molar-refractivity contribution in [2.45, 2.75) is 118 Å². The van der Waals surface area contributed by atoms with E-state index in [1.54, 1.807) is 20.8 Å². The number of carbonyl (C=O) groups excluding carboxylic acids is 3. The largest absolute Gasteiger partial charge is 0.481 e. The molecule has 0 unspecified atom stereocenters. The smallest absolute Gasteiger partial charge is 0.408 e. The highest BCUT2D eigenvalue weighted by atomic mass is 16.6. The van der Waals surface area contributed by atoms with Gasteiger partial charge in [-0.25, -0.2) is 4.79 Å². The van der Waals surface area contributed by atoms with Crippen molar-refractivity contribution < 1.29 is 34.1 Å². The Hall–Kier alpha value is -2.36. The highest BCUT2D eigenvalue weighted by molar-refractivity contribution is 5.91. The van der Waals surface area contributed by atoms with Crippen LogP contribution in [0.2, 0.25) is 0 Å². The normalized spacial score (nSPS) is 16.9. The lowest BCUT2D eigenvalue weighted by molar-refractivity contribution is -0.140. The molecule has 10 heteroatoms. The molecule has 0 aliphatic heterocycles. The van der Waals surface area contributed by atoms with Crippen molar-refractivity contribution >= 4 is 23.9 Å². The molecular weight excluding hydrogens is 454 g/mol. The Morgan fingerprint density at radius 2 is 1.29 bits per heavy atom. The first-order chi connectivity index (χ1) is 16.0. The van der Waals surface area contributed by atoms with Gasteiger partial charge >= 0.3 is 12.1 Å². The lowest BCUT2D eigenvalue weighted by atomic mass is 9.93. The number of carboxylic acids is 1. The highest BCUT2D eigenvalue weighted by Crippen LogP contribution is 2.16. The number of aliphatic carboxylic acids is 1. The maximum Gasteiger partial charge on any atom is 0.408 e. The Morgan fingerprint density at radius 1 is 0.829 bits per heavy atom. The van der Waals surface area contributed by atoms with E-state index in [-0.39, 0.29) is 17.8 Å². The third kappa shape index (κ3) is 12.8. The molecule has 204 valence electrons. The van der Waals surface area contributed by atoms with E-state index in [2.05, 4.69) is 16.0 Å². The van der Waals surface area contributed by atoms with E-state index < -0.39 is 60.1 Å². The van der Waals surface area contributed by atoms with Gasteiger partial charge in [0.1, 0.15) is 17.7 Å². The molecule has 0 rings (SSSR count). The molecule has 0 aromatic carbocycles. The Labute approximate surface area is 209 Å². The second-order valence-electron chi connectivity index (χ2n) is 10.8. The number of hydrogen-bond donors (Lipinski definition) is 5. The summed E-state index contributed by atoms with van der Waals surface area (Å²) in [6.45, 7) is 16.4. The van der Waals surface area contributed by atoms with Crippen LogP contribution in [0, 0.1) is 17.8 Å². The molecular formula is C25H47N3O7. The fraction of sp³-hybridized carbons (Fsp3) is 0.840. The fourth-order valence-electron chi connectivity index (χ4n) is 3.50. The van der Waals surface area contributed by atoms with E-state index in [0.717, 1.165) is 0 Å². The molecule has 0 saturated heterocycles. The van der Waals surface area contributed by atoms with Gasteiger partial charge in [-0.3, -0.25) is 14.4 Å². The second-order valence-corrected chi connectivity index (χ2v) is 10.8. The molecule has 0 radical (unpaired) electrons. The number of carbonyl (C=O) groups is 4. The first kappa shape index (κ1) is 32.6. The fourth-order valence-corrected chi connectivity index (χ4v) is 3.50. The van der Waals surface area contributed by atoms with Gasteiger partial charge in [0, 0.05) is 0 Å². The van der Waals surface area contributed by atoms with Gasteiger partial charge in [0.05, 0.1) is 18.6 Å². The van der Waals surface area contributed by atoms with Crippen molar-refractivity contribution in [2.75, 3.05) is 0 Å². The lowest BCUT2D eigenvalue weighted by Gasteiger charge is -2.31. The number of carboxylic acid groups (broad SMARTS) is 1. The maximum atomic E-state index is 13.2. The van der Waals surface area contributed by atoms with Gasteiger partial charge in [-0.1, -0.05) is 54.4 Å². The van der Waals surface area contributed by atoms with Crippen LogP contribution in [0.1, 0.15) is 88.0 Å². The SMILES string of the molecule is CC[C@H](C)[C@H](NC(=O)OC(C)(C)C)C(=O)N[C@H](C(=O)N[C@@H](CC(C)C)[C@@H](O)CC(=O)O)[C@@H](C)CC. The molecule has 0 fully saturated rings. The molecule has 0 heterocycles. The van der Waals surface area contributed by atoms with Crippen molar-refractivity contribution in [3.8, 4) is 0 Å². The minimum absolute atomic E-state index is 0.0909. The molecule has 10 nitrogen and oxygen atoms in total. The number of alkyl carbamates (subject to hydrolysis) is 1. The van der Waals surface area contributed by atoms with E-state index in [0.29, 0.717) is 19.3 Å². The summed E-state index contributed by atoms with van der Waals surface area (Å²) in [6.07, 6.45) is -0.944. The molecule has 0 bridgehead atoms. The average Bonchev–Trinajstić information content (AvgIpc) is 2.71. The molecule has 0 aliphatic carbocycles. The monoisotopic (exact) mass is 501 g/mol. The van der Waals surface area contributed by atoms with Crippen LogP contribution in [-0.4, -0.2) is 63.9 Å². The number of ether oxygens (including phenoxy) is 1. The van der Waals surface area contributed by atoms with E-state index in [1.807, 2.05) is 41.5 Å². The molecule has 0 aromatic rings. The number of aliphatic hydroxyl groups excluding tert-OH is 1. The quantitative estimate of drug-likeness (QED) is 0.245. The first-order valence-electron chi connectivity index (χ1n) is 12.5. The number of hydrogen-bond acceptors (Lipinski definition) is 6. The van der Waals surface area contributed by atoms with Crippen LogP contribution >= 0.6 is 0 Å². The van der Waals surface area contributed by atoms with E-state index in [9.17, 15) is 24.3 Å². The summed E-state index contributed by atoms with van der Waals surface area (Å²) >= 11 is 0. The van der Waals surface area contributed by atoms with Crippen LogP contribution in [0.25, 0.3) is 0 Å². The van der Waals surface area contributed by atoms with Crippen molar-refractivity contribution in [3.05, 3.63) is 0 Å². The summed E-state index contributed by atoms with van der Waals surface area (Å²) in [4.78, 5) is 49.9. The van der Waals surface area contributed by atoms with Crippen LogP contribution < -0.4 is 16.0 Å². The highest BCUT2D eigenvalue weighted by Gasteiger charge is 2.35. The van der Waals surface area contributed by atoms with Crippen LogP contribution in [0.3, 0.4) is 0 Å². The van der Waals surface area contributed by atoms with E-state index in [1.165, 1.54) is 0 Å². The van der Waals surface area contributed by atoms with Gasteiger partial charge in [0.25, 0.3) is 0 Å². The Kier molecular flexibility index (Phi) is 13.9. The van der Waals surface area contributed by atoms with E-state index in [4.69, 9.17) is 9.84 Å². The summed E-state index contributed by atoms with van der Waals surface area (Å²) < 4.78 is 5.30. The number of rotatable bonds is 14. The Balaban J connectivity index is 5.72. The van der Waals surface area contributed by atoms with Gasteiger partial charge in [0.15, 0.2) is 0 Å². The van der Waals surface area contributed by atoms with Crippen LogP contribution in [0.5, 0.6) is 0 Å². The molecule has 5 N–H and O–H groups in total. The molecule has 0 aliphatic rings. The van der Waals surface area contributed by atoms with Gasteiger partial charge in [-0.2, -0.15) is 0 Å². The third-order valence-corrected chi connectivity index (χ3v) is 5.86. The predicted octanol–water partition coefficient (Wildman–Crippen LogP) is 2.82. The Bertz CT molecular complexity index is 706. The Morgan fingerprint density at radius 3 is 1.69 bits per heavy atom. The lowest BCUT2D eigenvalue weighted by Crippen LogP contribution is -2.59. The minimum atomic E-state index is -1.27. The van der Waals surface area contributed by atoms with Gasteiger partial charge < -0.3 is 30.9 Å². The summed E-state index contributed by atoms with van der Waals surface area (Å²) in [5.41, 5.74) is -0.734. The summed E-state index contributed by atoms with van der Waals surface area (Å²) in [6, 6.07) is -2.64. The topological polar surface area (TPSA) is 154 Å². The molecule has 6 atom stereocenters. The minimum Gasteiger partial charge on any atom is -0.481 e. The van der Waals surface area contributed by atoms with Crippen molar-refractivity contribution in [1.82, 2.24) is 16.0 Å². The van der Waals surface area contributed by atoms with Gasteiger partial charge in [0.2, 0.25) is 11.8 Å². The summed E-state index contributed by atoms with van der Waals surface area (Å²) in [5.74, 6) is -2.59. The average molecular weight is 502 g/mol. The number of nitrogens with one attached hydrogen (secondary N) is 3. The first-order valence-corrected chi connectivity index (χ1v) is 12.5. The zero-order chi connectivity index (χ0) is 27.5. The van der Waals surface area contributed by atoms with Crippen molar-refractivity contribution in [2.24, 2.45) is 17.8 Å². The molecule has 0 saturated carbocycles. The van der Waals surface area contributed by atoms with Crippen molar-refractivity contribution in [3.63, 3.8) is 0 Å². The zero-order valence-electron chi connectivity index (χ0n) is 22.8. The molecule has 3 amide bonds. The van der Waals surface area contributed by atoms with E-state index >= 15 is 0 Å². The van der Waals surface area contributed by atoms with Crippen LogP contribution in [0.15, 0.2) is 0 Å². The zero-order valence-corrected chi connectivity index (χ0v) is 22.8. The molecule has 35 heavy (non-hydrogen) atoms. The number of aliphatic hydroxyl groups is 1. The van der Waals surface area contributed by atoms with Crippen LogP contribution in [-0.2, 0) is 19.1 Å². The maximum absolute atomic E-state index is 13.2. The molecule has 0 spiro atoms. The molecule has 0 aromatic heterocycles. The predicted molar refractivity (Wildman–Crippen MR) is 134 cm³/mol. The second kappa shape index (κ2) is 14.9. The summed E-state index contributed by atoms with van der Waals surface area (Å²) in [5, 5.41) is 27.6. The third-order valence-electron chi connectivity index (χ3n) is 5.86. The van der Waals surface area contributed by atoms with Gasteiger partial charge in [-0.15, -0.1) is 0 Å². The van der Waals surface area contributed by atoms with Crippen molar-refractivity contribution in [1.29, 1.82) is 0 Å². The van der Waals surface area contributed by atoms with Gasteiger partial charge in [-0.05, 0) is 44.9 Å². The van der Waals surface area contributed by atoms with Crippen LogP contribution in [0.4, 0.5) is 4.79 Å². The summed E-state index contributed by atoms with van der Waals surface area (Å²) in [7, 11) is 0. The standard InChI is InChI=1S/C25H47N3O7/c1-10-15(5)20(22(32)26-17(12-14(3)4)18(29)13-19(30)31)27-23(33)21(16(6)11-2)28-24(34)35-25(7,8)9/h14-18,20-21,29H,10-13H2,1-9H3,(H,26,32)(H,27,33)(H,28,34)(H,30,31)/t15-,16-,17-,18-,20-,21-/m0/s1. The number of amides is 3.